The van der Waals surface area contributed by atoms with Gasteiger partial charge in [0.05, 0.1) is 24.3 Å². The fraction of sp³-hybridized carbons (Fsp3) is 0.400. The number of nitrogens with zero attached hydrogens (tertiary/aromatic N) is 5. The normalized spacial score (nSPS) is 16.5. The molecule has 0 radical (unpaired) electrons. The van der Waals surface area contributed by atoms with Crippen molar-refractivity contribution in [3.63, 3.8) is 0 Å². The zero-order chi connectivity index (χ0) is 24.8. The molecule has 2 aliphatic heterocycles. The molecule has 2 aromatic rings. The van der Waals surface area contributed by atoms with Gasteiger partial charge in [-0.15, -0.1) is 5.10 Å². The Morgan fingerprint density at radius 2 is 1.71 bits per heavy atom. The van der Waals surface area contributed by atoms with E-state index in [4.69, 9.17) is 0 Å². The Bertz CT molecular complexity index is 1160. The molecule has 182 valence electrons. The maximum absolute atomic E-state index is 13.8. The Morgan fingerprint density at radius 1 is 1.03 bits per heavy atom. The highest BCUT2D eigenvalue weighted by molar-refractivity contribution is 6.04. The number of anilines is 2. The van der Waals surface area contributed by atoms with Gasteiger partial charge in [0, 0.05) is 43.0 Å². The molecule has 1 aromatic heterocycles. The highest BCUT2D eigenvalue weighted by atomic mass is 19.4. The summed E-state index contributed by atoms with van der Waals surface area (Å²) in [7, 11) is 1.88. The number of alkyl halides is 3. The summed E-state index contributed by atoms with van der Waals surface area (Å²) in [5.41, 5.74) is -1.04. The van der Waals surface area contributed by atoms with E-state index in [2.05, 4.69) is 10.4 Å². The number of piperazine rings is 1. The Labute approximate surface area is 190 Å². The van der Waals surface area contributed by atoms with Crippen LogP contribution in [0.15, 0.2) is 18.2 Å². The lowest BCUT2D eigenvalue weighted by Gasteiger charge is -2.35. The molecule has 1 saturated heterocycles. The van der Waals surface area contributed by atoms with E-state index in [0.717, 1.165) is 11.0 Å². The molecule has 3 heterocycles. The van der Waals surface area contributed by atoms with Crippen LogP contribution in [-0.2, 0) is 19.3 Å². The second kappa shape index (κ2) is 8.52. The van der Waals surface area contributed by atoms with Crippen molar-refractivity contribution in [2.45, 2.75) is 19.3 Å². The number of benzene rings is 1. The highest BCUT2D eigenvalue weighted by Crippen LogP contribution is 2.38. The predicted molar refractivity (Wildman–Crippen MR) is 112 cm³/mol. The fourth-order valence-electron chi connectivity index (χ4n) is 4.04. The molecule has 11 nitrogen and oxygen atoms in total. The summed E-state index contributed by atoms with van der Waals surface area (Å²) in [6.45, 7) is 1.55. The van der Waals surface area contributed by atoms with E-state index in [0.29, 0.717) is 30.9 Å². The second-order valence-corrected chi connectivity index (χ2v) is 8.08. The van der Waals surface area contributed by atoms with Gasteiger partial charge in [-0.25, -0.2) is 9.59 Å². The molecule has 0 atom stereocenters. The molecule has 0 unspecified atom stereocenters. The molecular formula is C20H21F3N6O5. The predicted octanol–water partition coefficient (Wildman–Crippen LogP) is 2.43. The zero-order valence-electron chi connectivity index (χ0n) is 18.0. The molecule has 2 amide bonds. The van der Waals surface area contributed by atoms with Gasteiger partial charge in [-0.05, 0) is 25.2 Å². The van der Waals surface area contributed by atoms with Crippen molar-refractivity contribution in [1.82, 2.24) is 19.6 Å². The van der Waals surface area contributed by atoms with Crippen molar-refractivity contribution in [3.05, 3.63) is 40.6 Å². The molecular weight excluding hydrogens is 461 g/mol. The fourth-order valence-corrected chi connectivity index (χ4v) is 4.04. The van der Waals surface area contributed by atoms with Crippen LogP contribution in [-0.4, -0.2) is 81.1 Å². The van der Waals surface area contributed by atoms with Crippen molar-refractivity contribution in [2.24, 2.45) is 0 Å². The standard InChI is InChI=1S/C20H21F3N6O5/c1-26-4-6-27(7-5-26)14-3-2-11(8-13(14)20(21,22)23)17(30)24-16-12-9-28(18(31)32)10-15(12)29(25-16)19(33)34/h2-3,8H,4-7,9-10H2,1H3,(H,31,32)(H,33,34)(H,24,25,30). The molecule has 34 heavy (non-hydrogen) atoms. The van der Waals surface area contributed by atoms with Crippen LogP contribution in [0.3, 0.4) is 0 Å². The van der Waals surface area contributed by atoms with E-state index in [9.17, 15) is 37.8 Å². The van der Waals surface area contributed by atoms with E-state index < -0.39 is 29.8 Å². The summed E-state index contributed by atoms with van der Waals surface area (Å²) < 4.78 is 42.0. The van der Waals surface area contributed by atoms with Crippen LogP contribution in [0.5, 0.6) is 0 Å². The molecule has 0 aliphatic carbocycles. The molecule has 14 heteroatoms. The number of hydrogen-bond acceptors (Lipinski definition) is 6. The van der Waals surface area contributed by atoms with Crippen LogP contribution in [0.2, 0.25) is 0 Å². The maximum atomic E-state index is 13.8. The van der Waals surface area contributed by atoms with E-state index in [1.807, 2.05) is 11.9 Å². The van der Waals surface area contributed by atoms with Crippen LogP contribution in [0, 0.1) is 0 Å². The third kappa shape index (κ3) is 4.35. The number of rotatable bonds is 3. The molecule has 1 fully saturated rings. The van der Waals surface area contributed by atoms with E-state index >= 15 is 0 Å². The summed E-state index contributed by atoms with van der Waals surface area (Å²) in [4.78, 5) is 40.1. The van der Waals surface area contributed by atoms with Gasteiger partial charge in [0.15, 0.2) is 5.82 Å². The van der Waals surface area contributed by atoms with Gasteiger partial charge in [-0.3, -0.25) is 9.69 Å². The lowest BCUT2D eigenvalue weighted by atomic mass is 10.1. The van der Waals surface area contributed by atoms with Crippen molar-refractivity contribution in [1.29, 1.82) is 0 Å². The Morgan fingerprint density at radius 3 is 2.29 bits per heavy atom. The summed E-state index contributed by atoms with van der Waals surface area (Å²) in [5.74, 6) is -1.15. The number of amides is 2. The quantitative estimate of drug-likeness (QED) is 0.608. The van der Waals surface area contributed by atoms with Crippen molar-refractivity contribution < 1.29 is 37.8 Å². The third-order valence-electron chi connectivity index (χ3n) is 5.87. The lowest BCUT2D eigenvalue weighted by molar-refractivity contribution is -0.137. The molecule has 3 N–H and O–H groups in total. The number of hydrogen-bond donors (Lipinski definition) is 3. The van der Waals surface area contributed by atoms with Crippen molar-refractivity contribution in [3.8, 4) is 0 Å². The number of fused-ring (bicyclic) bond motifs is 1. The first-order valence-corrected chi connectivity index (χ1v) is 10.2. The van der Waals surface area contributed by atoms with Gasteiger partial charge in [0.1, 0.15) is 0 Å². The smallest absolute Gasteiger partial charge is 0.432 e. The van der Waals surface area contributed by atoms with E-state index in [1.165, 1.54) is 12.1 Å². The summed E-state index contributed by atoms with van der Waals surface area (Å²) in [6.07, 6.45) is -7.48. The largest absolute Gasteiger partial charge is 0.465 e. The first kappa shape index (κ1) is 23.4. The lowest BCUT2D eigenvalue weighted by Crippen LogP contribution is -2.45. The first-order valence-electron chi connectivity index (χ1n) is 10.2. The number of halogens is 3. The van der Waals surface area contributed by atoms with Crippen LogP contribution in [0.1, 0.15) is 27.2 Å². The van der Waals surface area contributed by atoms with Crippen LogP contribution < -0.4 is 10.2 Å². The first-order chi connectivity index (χ1) is 16.0. The topological polar surface area (TPSA) is 131 Å². The minimum absolute atomic E-state index is 0.0229. The molecule has 0 saturated carbocycles. The van der Waals surface area contributed by atoms with Gasteiger partial charge >= 0.3 is 18.4 Å². The average Bonchev–Trinajstić information content (AvgIpc) is 3.34. The van der Waals surface area contributed by atoms with E-state index in [1.54, 1.807) is 4.90 Å². The van der Waals surface area contributed by atoms with Crippen molar-refractivity contribution in [2.75, 3.05) is 43.4 Å². The van der Waals surface area contributed by atoms with Gasteiger partial charge in [0.25, 0.3) is 5.91 Å². The maximum Gasteiger partial charge on any atom is 0.432 e. The van der Waals surface area contributed by atoms with Gasteiger partial charge < -0.3 is 25.3 Å². The minimum atomic E-state index is -4.71. The van der Waals surface area contributed by atoms with E-state index in [-0.39, 0.29) is 41.4 Å². The zero-order valence-corrected chi connectivity index (χ0v) is 18.0. The number of aromatic nitrogens is 2. The van der Waals surface area contributed by atoms with Crippen LogP contribution >= 0.6 is 0 Å². The summed E-state index contributed by atoms with van der Waals surface area (Å²) in [6, 6.07) is 3.26. The molecule has 0 spiro atoms. The summed E-state index contributed by atoms with van der Waals surface area (Å²) in [5, 5.41) is 24.6. The van der Waals surface area contributed by atoms with Gasteiger partial charge in [-0.1, -0.05) is 0 Å². The van der Waals surface area contributed by atoms with Gasteiger partial charge in [0.2, 0.25) is 0 Å². The van der Waals surface area contributed by atoms with Crippen molar-refractivity contribution >= 4 is 29.6 Å². The van der Waals surface area contributed by atoms with Crippen LogP contribution in [0.25, 0.3) is 0 Å². The number of likely N-dealkylation sites (N-methyl/N-ethyl adjacent to an activating group) is 1. The minimum Gasteiger partial charge on any atom is -0.465 e. The molecule has 2 aliphatic rings. The Hall–Kier alpha value is -3.81. The van der Waals surface area contributed by atoms with Crippen LogP contribution in [0.4, 0.5) is 34.3 Å². The average molecular weight is 482 g/mol. The Kier molecular flexibility index (Phi) is 5.85. The second-order valence-electron chi connectivity index (χ2n) is 8.08. The third-order valence-corrected chi connectivity index (χ3v) is 5.87. The summed E-state index contributed by atoms with van der Waals surface area (Å²) >= 11 is 0. The number of carboxylic acid groups (broad SMARTS) is 2. The molecule has 1 aromatic carbocycles. The van der Waals surface area contributed by atoms with Gasteiger partial charge in [-0.2, -0.15) is 17.9 Å². The number of carbonyl (C=O) groups excluding carboxylic acids is 1. The highest BCUT2D eigenvalue weighted by Gasteiger charge is 2.37. The number of nitrogens with one attached hydrogen (secondary N) is 1. The molecule has 4 rings (SSSR count). The number of carbonyl (C=O) groups is 3. The Balaban J connectivity index is 1.63. The SMILES string of the molecule is CN1CCN(c2ccc(C(=O)Nc3nn(C(=O)O)c4c3CN(C(=O)O)C4)cc2C(F)(F)F)CC1. The molecule has 0 bridgehead atoms. The monoisotopic (exact) mass is 482 g/mol.